The first kappa shape index (κ1) is 37.8. The van der Waals surface area contributed by atoms with Gasteiger partial charge in [0.05, 0.1) is 22.6 Å². The third kappa shape index (κ3) is 7.98. The highest BCUT2D eigenvalue weighted by atomic mass is 14.7. The summed E-state index contributed by atoms with van der Waals surface area (Å²) in [5, 5.41) is 1.19. The molecule has 0 amide bonds. The number of nitrogens with zero attached hydrogens (tertiary/aromatic N) is 2. The Morgan fingerprint density at radius 2 is 0.877 bits per heavy atom. The minimum Gasteiger partial charge on any atom is -0.361 e. The number of hydrogen-bond donors (Lipinski definition) is 1. The van der Waals surface area contributed by atoms with Gasteiger partial charge >= 0.3 is 0 Å². The van der Waals surface area contributed by atoms with Crippen LogP contribution in [0, 0.1) is 0 Å². The fourth-order valence-electron chi connectivity index (χ4n) is 7.57. The average molecular weight is 744 g/mol. The lowest BCUT2D eigenvalue weighted by molar-refractivity contribution is 0.569. The minimum absolute atomic E-state index is 0.0215. The number of hydrogen-bond acceptors (Lipinski definition) is 2. The maximum atomic E-state index is 5.59. The van der Waals surface area contributed by atoms with Gasteiger partial charge < -0.3 is 4.98 Å². The molecule has 284 valence electrons. The van der Waals surface area contributed by atoms with Crippen molar-refractivity contribution in [3.63, 3.8) is 0 Å². The van der Waals surface area contributed by atoms with Crippen LogP contribution in [0.25, 0.3) is 78.1 Å². The van der Waals surface area contributed by atoms with E-state index in [9.17, 15) is 0 Å². The predicted octanol–water partition coefficient (Wildman–Crippen LogP) is 14.9. The van der Waals surface area contributed by atoms with Crippen molar-refractivity contribution in [2.75, 3.05) is 0 Å². The van der Waals surface area contributed by atoms with Crippen molar-refractivity contribution < 1.29 is 0 Å². The summed E-state index contributed by atoms with van der Waals surface area (Å²) in [6.45, 7) is 20.7. The quantitative estimate of drug-likeness (QED) is 0.184. The van der Waals surface area contributed by atoms with Crippen LogP contribution < -0.4 is 0 Å². The number of aromatic amines is 1. The first-order valence-electron chi connectivity index (χ1n) is 20.1. The third-order valence-electron chi connectivity index (χ3n) is 11.1. The molecule has 3 heteroatoms. The van der Waals surface area contributed by atoms with Crippen LogP contribution in [0.2, 0.25) is 0 Å². The highest BCUT2D eigenvalue weighted by Crippen LogP contribution is 2.41. The second kappa shape index (κ2) is 14.5. The fraction of sp³-hybridized carbons (Fsp3) is 0.222. The van der Waals surface area contributed by atoms with Crippen LogP contribution in [0.3, 0.4) is 0 Å². The van der Waals surface area contributed by atoms with Gasteiger partial charge in [-0.25, -0.2) is 4.98 Å². The fourth-order valence-corrected chi connectivity index (χ4v) is 7.57. The smallest absolute Gasteiger partial charge is 0.0736 e. The Kier molecular flexibility index (Phi) is 9.60. The number of rotatable bonds is 6. The lowest BCUT2D eigenvalue weighted by atomic mass is 9.79. The predicted molar refractivity (Wildman–Crippen MR) is 243 cm³/mol. The molecule has 0 spiro atoms. The van der Waals surface area contributed by atoms with Crippen LogP contribution in [0.1, 0.15) is 79.0 Å². The van der Waals surface area contributed by atoms with E-state index in [0.29, 0.717) is 0 Å². The Labute approximate surface area is 338 Å². The summed E-state index contributed by atoms with van der Waals surface area (Å²) in [5.74, 6) is 0. The van der Waals surface area contributed by atoms with Gasteiger partial charge in [0, 0.05) is 34.5 Å². The number of pyridine rings is 2. The molecule has 0 saturated heterocycles. The molecule has 57 heavy (non-hydrogen) atoms. The highest BCUT2D eigenvalue weighted by molar-refractivity contribution is 5.95. The summed E-state index contributed by atoms with van der Waals surface area (Å²) in [6.07, 6.45) is 3.96. The molecule has 0 fully saturated rings. The van der Waals surface area contributed by atoms with E-state index in [2.05, 4.69) is 207 Å². The van der Waals surface area contributed by atoms with Gasteiger partial charge in [0.25, 0.3) is 0 Å². The maximum Gasteiger partial charge on any atom is 0.0736 e. The second-order valence-corrected chi connectivity index (χ2v) is 18.6. The standard InChI is InChI=1S/C54H53N3/c1-52(2,3)44-28-40(29-45(33-44)53(4,5)6)41-31-49(57-50(32-41)47-34-46(54(7,8)9)27-38-21-23-56-51(38)47)43-25-39(36-18-14-11-15-19-36)24-42(26-43)48-30-37(20-22-55-48)35-16-12-10-13-17-35/h10-34,56H,1-9H3. The van der Waals surface area contributed by atoms with Crippen LogP contribution in [0.5, 0.6) is 0 Å². The Morgan fingerprint density at radius 3 is 1.49 bits per heavy atom. The molecular weight excluding hydrogens is 691 g/mol. The van der Waals surface area contributed by atoms with Crippen molar-refractivity contribution in [1.82, 2.24) is 15.0 Å². The van der Waals surface area contributed by atoms with Gasteiger partial charge in [-0.1, -0.05) is 141 Å². The SMILES string of the molecule is CC(C)(C)c1cc(-c2cc(-c3cc(-c4ccccc4)cc(-c4cc(-c5ccccc5)ccn4)c3)nc(-c3cc(C(C)(C)C)cc4cc[nH]c34)c2)cc(C(C)(C)C)c1. The van der Waals surface area contributed by atoms with Crippen molar-refractivity contribution >= 4 is 10.9 Å². The summed E-state index contributed by atoms with van der Waals surface area (Å²) in [5.41, 5.74) is 17.8. The van der Waals surface area contributed by atoms with E-state index in [1.54, 1.807) is 0 Å². The molecule has 0 aliphatic heterocycles. The molecule has 3 heterocycles. The average Bonchev–Trinajstić information content (AvgIpc) is 3.69. The Balaban J connectivity index is 1.41. The van der Waals surface area contributed by atoms with Gasteiger partial charge in [-0.2, -0.15) is 0 Å². The van der Waals surface area contributed by atoms with Crippen LogP contribution in [-0.4, -0.2) is 15.0 Å². The van der Waals surface area contributed by atoms with Crippen LogP contribution in [0.4, 0.5) is 0 Å². The normalized spacial score (nSPS) is 12.3. The molecule has 0 atom stereocenters. The Morgan fingerprint density at radius 1 is 0.386 bits per heavy atom. The molecule has 3 aromatic heterocycles. The summed E-state index contributed by atoms with van der Waals surface area (Å²) in [7, 11) is 0. The molecule has 5 aromatic carbocycles. The molecule has 0 saturated carbocycles. The number of H-pyrrole nitrogens is 1. The molecule has 1 N–H and O–H groups in total. The van der Waals surface area contributed by atoms with E-state index >= 15 is 0 Å². The van der Waals surface area contributed by atoms with Crippen molar-refractivity contribution in [2.24, 2.45) is 0 Å². The van der Waals surface area contributed by atoms with Crippen molar-refractivity contribution in [1.29, 1.82) is 0 Å². The van der Waals surface area contributed by atoms with E-state index in [-0.39, 0.29) is 16.2 Å². The van der Waals surface area contributed by atoms with Crippen LogP contribution in [-0.2, 0) is 16.2 Å². The van der Waals surface area contributed by atoms with E-state index in [1.807, 2.05) is 12.4 Å². The monoisotopic (exact) mass is 743 g/mol. The van der Waals surface area contributed by atoms with Gasteiger partial charge in [0.2, 0.25) is 0 Å². The van der Waals surface area contributed by atoms with E-state index < -0.39 is 0 Å². The van der Waals surface area contributed by atoms with Gasteiger partial charge in [-0.15, -0.1) is 0 Å². The zero-order valence-electron chi connectivity index (χ0n) is 34.8. The first-order chi connectivity index (χ1) is 27.1. The van der Waals surface area contributed by atoms with Gasteiger partial charge in [-0.05, 0) is 127 Å². The maximum absolute atomic E-state index is 5.59. The lowest BCUT2D eigenvalue weighted by Crippen LogP contribution is -2.16. The number of fused-ring (bicyclic) bond motifs is 1. The minimum atomic E-state index is -0.0382. The summed E-state index contributed by atoms with van der Waals surface area (Å²) >= 11 is 0. The van der Waals surface area contributed by atoms with Crippen LogP contribution >= 0.6 is 0 Å². The van der Waals surface area contributed by atoms with E-state index in [0.717, 1.165) is 61.5 Å². The first-order valence-corrected chi connectivity index (χ1v) is 20.1. The van der Waals surface area contributed by atoms with Gasteiger partial charge in [0.1, 0.15) is 0 Å². The molecule has 0 aliphatic carbocycles. The molecule has 0 bridgehead atoms. The number of aromatic nitrogens is 3. The summed E-state index contributed by atoms with van der Waals surface area (Å²) in [4.78, 5) is 14.1. The number of nitrogens with one attached hydrogen (secondary N) is 1. The Bertz CT molecular complexity index is 2680. The topological polar surface area (TPSA) is 41.6 Å². The van der Waals surface area contributed by atoms with Gasteiger partial charge in [0.15, 0.2) is 0 Å². The molecule has 0 unspecified atom stereocenters. The largest absolute Gasteiger partial charge is 0.361 e. The molecule has 0 aliphatic rings. The molecule has 8 rings (SSSR count). The molecule has 8 aromatic rings. The molecular formula is C54H53N3. The second-order valence-electron chi connectivity index (χ2n) is 18.6. The van der Waals surface area contributed by atoms with Crippen LogP contribution in [0.15, 0.2) is 152 Å². The summed E-state index contributed by atoms with van der Waals surface area (Å²) in [6, 6.07) is 50.8. The third-order valence-corrected chi connectivity index (χ3v) is 11.1. The van der Waals surface area contributed by atoms with Crippen molar-refractivity contribution in [2.45, 2.75) is 78.6 Å². The van der Waals surface area contributed by atoms with Crippen molar-refractivity contribution in [3.05, 3.63) is 169 Å². The highest BCUT2D eigenvalue weighted by Gasteiger charge is 2.23. The zero-order chi connectivity index (χ0) is 40.1. The van der Waals surface area contributed by atoms with E-state index in [4.69, 9.17) is 9.97 Å². The molecule has 3 nitrogen and oxygen atoms in total. The van der Waals surface area contributed by atoms with Gasteiger partial charge in [-0.3, -0.25) is 4.98 Å². The Hall–Kier alpha value is -6.06. The van der Waals surface area contributed by atoms with Crippen molar-refractivity contribution in [3.8, 4) is 67.2 Å². The number of benzene rings is 5. The zero-order valence-corrected chi connectivity index (χ0v) is 34.8. The lowest BCUT2D eigenvalue weighted by Gasteiger charge is -2.26. The summed E-state index contributed by atoms with van der Waals surface area (Å²) < 4.78 is 0. The van der Waals surface area contributed by atoms with E-state index in [1.165, 1.54) is 33.2 Å². The molecule has 0 radical (unpaired) electrons.